The van der Waals surface area contributed by atoms with Crippen molar-refractivity contribution in [2.75, 3.05) is 40.3 Å². The normalized spacial score (nSPS) is 17.2. The van der Waals surface area contributed by atoms with E-state index in [4.69, 9.17) is 4.74 Å². The molecule has 0 aromatic heterocycles. The minimum atomic E-state index is 0.812. The summed E-state index contributed by atoms with van der Waals surface area (Å²) in [5.41, 5.74) is 0.968. The zero-order valence-corrected chi connectivity index (χ0v) is 14.3. The van der Waals surface area contributed by atoms with Crippen molar-refractivity contribution in [2.24, 2.45) is 5.10 Å². The van der Waals surface area contributed by atoms with Gasteiger partial charge in [-0.25, -0.2) is 0 Å². The zero-order chi connectivity index (χ0) is 13.8. The van der Waals surface area contributed by atoms with Gasteiger partial charge in [0.15, 0.2) is 0 Å². The van der Waals surface area contributed by atoms with Crippen molar-refractivity contribution >= 4 is 38.1 Å². The summed E-state index contributed by atoms with van der Waals surface area (Å²) >= 11 is 6.98. The number of rotatable bonds is 3. The van der Waals surface area contributed by atoms with Crippen molar-refractivity contribution in [1.29, 1.82) is 0 Å². The van der Waals surface area contributed by atoms with Crippen LogP contribution in [0.5, 0.6) is 5.75 Å². The van der Waals surface area contributed by atoms with Crippen LogP contribution in [-0.2, 0) is 0 Å². The van der Waals surface area contributed by atoms with Crippen LogP contribution in [-0.4, -0.2) is 51.6 Å². The monoisotopic (exact) mass is 390 g/mol. The standard InChI is InChI=1S/C13H17Br2N3O/c1-17-3-5-18(6-4-17)16-9-10-7-11(14)8-12(15)13(10)19-2/h7-9H,3-6H2,1-2H3/p+1/b16-9-. The van der Waals surface area contributed by atoms with Crippen LogP contribution in [0.15, 0.2) is 26.2 Å². The number of ether oxygens (including phenoxy) is 1. The average molecular weight is 392 g/mol. The second-order valence-electron chi connectivity index (χ2n) is 4.67. The molecule has 1 saturated heterocycles. The van der Waals surface area contributed by atoms with Gasteiger partial charge in [-0.3, -0.25) is 5.01 Å². The van der Waals surface area contributed by atoms with Gasteiger partial charge in [0, 0.05) is 10.0 Å². The molecular weight excluding hydrogens is 374 g/mol. The minimum absolute atomic E-state index is 0.812. The molecule has 0 saturated carbocycles. The van der Waals surface area contributed by atoms with Crippen molar-refractivity contribution < 1.29 is 9.64 Å². The Morgan fingerprint density at radius 3 is 2.63 bits per heavy atom. The van der Waals surface area contributed by atoms with Gasteiger partial charge >= 0.3 is 0 Å². The van der Waals surface area contributed by atoms with E-state index in [2.05, 4.69) is 49.0 Å². The van der Waals surface area contributed by atoms with E-state index in [1.54, 1.807) is 12.0 Å². The van der Waals surface area contributed by atoms with Crippen LogP contribution in [0.1, 0.15) is 5.56 Å². The molecule has 104 valence electrons. The minimum Gasteiger partial charge on any atom is -0.495 e. The lowest BCUT2D eigenvalue weighted by Gasteiger charge is -2.27. The van der Waals surface area contributed by atoms with Gasteiger partial charge in [-0.2, -0.15) is 5.10 Å². The van der Waals surface area contributed by atoms with Crippen molar-refractivity contribution in [3.05, 3.63) is 26.6 Å². The summed E-state index contributed by atoms with van der Waals surface area (Å²) in [6, 6.07) is 3.98. The fraction of sp³-hybridized carbons (Fsp3) is 0.462. The van der Waals surface area contributed by atoms with Crippen molar-refractivity contribution in [3.8, 4) is 5.75 Å². The molecule has 2 rings (SSSR count). The highest BCUT2D eigenvalue weighted by Crippen LogP contribution is 2.31. The molecule has 1 heterocycles. The smallest absolute Gasteiger partial charge is 0.141 e. The van der Waals surface area contributed by atoms with Crippen molar-refractivity contribution in [2.45, 2.75) is 0 Å². The number of nitrogens with zero attached hydrogens (tertiary/aromatic N) is 2. The number of halogens is 2. The molecule has 1 fully saturated rings. The molecule has 0 aliphatic carbocycles. The van der Waals surface area contributed by atoms with Crippen LogP contribution < -0.4 is 9.64 Å². The second kappa shape index (κ2) is 6.72. The third-order valence-corrected chi connectivity index (χ3v) is 4.24. The Kier molecular flexibility index (Phi) is 5.24. The number of methoxy groups -OCH3 is 1. The topological polar surface area (TPSA) is 29.3 Å². The van der Waals surface area contributed by atoms with E-state index >= 15 is 0 Å². The Balaban J connectivity index is 2.14. The summed E-state index contributed by atoms with van der Waals surface area (Å²) in [6.45, 7) is 4.27. The number of piperazine rings is 1. The zero-order valence-electron chi connectivity index (χ0n) is 11.1. The van der Waals surface area contributed by atoms with Gasteiger partial charge in [-0.05, 0) is 28.1 Å². The molecule has 0 atom stereocenters. The summed E-state index contributed by atoms with van der Waals surface area (Å²) < 4.78 is 7.34. The molecule has 0 bridgehead atoms. The van der Waals surface area contributed by atoms with Crippen LogP contribution in [0.4, 0.5) is 0 Å². The second-order valence-corrected chi connectivity index (χ2v) is 6.44. The van der Waals surface area contributed by atoms with Gasteiger partial charge in [0.1, 0.15) is 5.75 Å². The van der Waals surface area contributed by atoms with Gasteiger partial charge in [0.2, 0.25) is 0 Å². The summed E-state index contributed by atoms with van der Waals surface area (Å²) in [6.07, 6.45) is 1.87. The van der Waals surface area contributed by atoms with Gasteiger partial charge in [-0.15, -0.1) is 0 Å². The lowest BCUT2D eigenvalue weighted by Crippen LogP contribution is -3.11. The number of likely N-dealkylation sites (N-methyl/N-ethyl adjacent to an activating group) is 1. The van der Waals surface area contributed by atoms with Crippen LogP contribution in [0, 0.1) is 0 Å². The lowest BCUT2D eigenvalue weighted by molar-refractivity contribution is -0.884. The molecule has 1 aliphatic rings. The third kappa shape index (κ3) is 3.94. The average Bonchev–Trinajstić information content (AvgIpc) is 2.37. The van der Waals surface area contributed by atoms with Gasteiger partial charge < -0.3 is 9.64 Å². The van der Waals surface area contributed by atoms with Crippen LogP contribution in [0.25, 0.3) is 0 Å². The van der Waals surface area contributed by atoms with Crippen molar-refractivity contribution in [1.82, 2.24) is 5.01 Å². The first-order valence-corrected chi connectivity index (χ1v) is 7.82. The highest BCUT2D eigenvalue weighted by Gasteiger charge is 2.14. The molecule has 0 spiro atoms. The summed E-state index contributed by atoms with van der Waals surface area (Å²) in [5, 5.41) is 6.66. The SMILES string of the molecule is COc1c(Br)cc(Br)cc1/C=N\N1CC[NH+](C)CC1. The number of hydrogen-bond acceptors (Lipinski definition) is 3. The van der Waals surface area contributed by atoms with Gasteiger partial charge in [0.05, 0.1) is 51.0 Å². The van der Waals surface area contributed by atoms with E-state index in [9.17, 15) is 0 Å². The Hall–Kier alpha value is -0.590. The fourth-order valence-electron chi connectivity index (χ4n) is 2.03. The first kappa shape index (κ1) is 14.8. The van der Waals surface area contributed by atoms with Crippen molar-refractivity contribution in [3.63, 3.8) is 0 Å². The quantitative estimate of drug-likeness (QED) is 0.789. The number of nitrogens with one attached hydrogen (secondary N) is 1. The molecule has 1 aromatic carbocycles. The van der Waals surface area contributed by atoms with E-state index in [-0.39, 0.29) is 0 Å². The number of quaternary nitrogens is 1. The number of hydrogen-bond donors (Lipinski definition) is 1. The van der Waals surface area contributed by atoms with Gasteiger partial charge in [-0.1, -0.05) is 15.9 Å². The van der Waals surface area contributed by atoms with E-state index in [1.807, 2.05) is 18.3 Å². The fourth-order valence-corrected chi connectivity index (χ4v) is 3.45. The van der Waals surface area contributed by atoms with E-state index < -0.39 is 0 Å². The summed E-state index contributed by atoms with van der Waals surface area (Å²) in [4.78, 5) is 1.56. The molecule has 19 heavy (non-hydrogen) atoms. The molecule has 6 heteroatoms. The molecule has 0 amide bonds. The van der Waals surface area contributed by atoms with E-state index in [0.29, 0.717) is 0 Å². The highest BCUT2D eigenvalue weighted by molar-refractivity contribution is 9.11. The molecule has 1 N–H and O–H groups in total. The summed E-state index contributed by atoms with van der Waals surface area (Å²) in [5.74, 6) is 0.812. The maximum absolute atomic E-state index is 5.41. The van der Waals surface area contributed by atoms with E-state index in [1.165, 1.54) is 0 Å². The summed E-state index contributed by atoms with van der Waals surface area (Å²) in [7, 11) is 3.89. The van der Waals surface area contributed by atoms with Gasteiger partial charge in [0.25, 0.3) is 0 Å². The predicted molar refractivity (Wildman–Crippen MR) is 84.2 cm³/mol. The Morgan fingerprint density at radius 2 is 2.00 bits per heavy atom. The third-order valence-electron chi connectivity index (χ3n) is 3.19. The van der Waals surface area contributed by atoms with Crippen LogP contribution in [0.3, 0.4) is 0 Å². The van der Waals surface area contributed by atoms with Crippen LogP contribution in [0.2, 0.25) is 0 Å². The number of hydrazone groups is 1. The first-order valence-electron chi connectivity index (χ1n) is 6.23. The molecule has 4 nitrogen and oxygen atoms in total. The molecule has 1 aliphatic heterocycles. The Morgan fingerprint density at radius 1 is 1.32 bits per heavy atom. The lowest BCUT2D eigenvalue weighted by atomic mass is 10.2. The Bertz CT molecular complexity index is 471. The molecule has 1 aromatic rings. The molecular formula is C13H18Br2N3O+. The number of benzene rings is 1. The molecule has 0 unspecified atom stereocenters. The maximum Gasteiger partial charge on any atom is 0.141 e. The Labute approximate surface area is 130 Å². The van der Waals surface area contributed by atoms with E-state index in [0.717, 1.165) is 46.4 Å². The first-order chi connectivity index (χ1) is 9.10. The largest absolute Gasteiger partial charge is 0.495 e. The maximum atomic E-state index is 5.41. The highest BCUT2D eigenvalue weighted by atomic mass is 79.9. The predicted octanol–water partition coefficient (Wildman–Crippen LogP) is 1.38. The molecule has 0 radical (unpaired) electrons. The van der Waals surface area contributed by atoms with Crippen LogP contribution >= 0.6 is 31.9 Å².